The van der Waals surface area contributed by atoms with Crippen molar-refractivity contribution >= 4 is 5.97 Å². The van der Waals surface area contributed by atoms with Gasteiger partial charge in [0, 0.05) is 0 Å². The molecule has 1 atom stereocenters. The molecule has 0 aliphatic carbocycles. The number of carboxylic acid groups (broad SMARTS) is 1. The van der Waals surface area contributed by atoms with E-state index in [0.717, 1.165) is 5.56 Å². The van der Waals surface area contributed by atoms with Gasteiger partial charge in [0.1, 0.15) is 0 Å². The number of phenols is 1. The molecule has 1 rings (SSSR count). The van der Waals surface area contributed by atoms with Gasteiger partial charge in [0.2, 0.25) is 0 Å². The maximum Gasteiger partial charge on any atom is 0.303 e. The lowest BCUT2D eigenvalue weighted by molar-refractivity contribution is -0.137. The molecule has 0 fully saturated rings. The molecular weight excluding hydrogens is 208 g/mol. The van der Waals surface area contributed by atoms with Crippen LogP contribution in [0.5, 0.6) is 11.5 Å². The normalized spacial score (nSPS) is 12.1. The predicted molar refractivity (Wildman–Crippen MR) is 59.9 cm³/mol. The van der Waals surface area contributed by atoms with E-state index in [1.807, 2.05) is 13.8 Å². The fraction of sp³-hybridized carbons (Fsp3) is 0.417. The second-order valence-electron chi connectivity index (χ2n) is 3.66. The third kappa shape index (κ3) is 3.15. The summed E-state index contributed by atoms with van der Waals surface area (Å²) in [7, 11) is 0. The van der Waals surface area contributed by atoms with Crippen LogP contribution >= 0.6 is 0 Å². The number of aromatic hydroxyl groups is 1. The van der Waals surface area contributed by atoms with E-state index in [1.165, 1.54) is 6.07 Å². The number of ether oxygens (including phenoxy) is 1. The van der Waals surface area contributed by atoms with Crippen LogP contribution in [0.3, 0.4) is 0 Å². The number of phenolic OH excluding ortho intramolecular Hbond substituents is 1. The highest BCUT2D eigenvalue weighted by molar-refractivity contribution is 5.68. The Morgan fingerprint density at radius 1 is 1.50 bits per heavy atom. The first kappa shape index (κ1) is 12.4. The highest BCUT2D eigenvalue weighted by atomic mass is 16.5. The van der Waals surface area contributed by atoms with Gasteiger partial charge in [-0.3, -0.25) is 4.79 Å². The van der Waals surface area contributed by atoms with Crippen LogP contribution in [0, 0.1) is 0 Å². The lowest BCUT2D eigenvalue weighted by Gasteiger charge is -2.12. The monoisotopic (exact) mass is 224 g/mol. The molecule has 0 amide bonds. The van der Waals surface area contributed by atoms with Crippen LogP contribution in [0.1, 0.15) is 31.7 Å². The van der Waals surface area contributed by atoms with E-state index in [4.69, 9.17) is 9.84 Å². The topological polar surface area (TPSA) is 66.8 Å². The number of benzene rings is 1. The van der Waals surface area contributed by atoms with E-state index >= 15 is 0 Å². The van der Waals surface area contributed by atoms with Crippen molar-refractivity contribution in [1.82, 2.24) is 0 Å². The second-order valence-corrected chi connectivity index (χ2v) is 3.66. The molecule has 0 aromatic heterocycles. The summed E-state index contributed by atoms with van der Waals surface area (Å²) in [6, 6.07) is 4.93. The van der Waals surface area contributed by atoms with Gasteiger partial charge in [-0.15, -0.1) is 0 Å². The van der Waals surface area contributed by atoms with Gasteiger partial charge >= 0.3 is 5.97 Å². The number of rotatable bonds is 5. The molecule has 1 aromatic rings. The third-order valence-electron chi connectivity index (χ3n) is 2.33. The fourth-order valence-corrected chi connectivity index (χ4v) is 1.49. The Morgan fingerprint density at radius 3 is 2.75 bits per heavy atom. The molecule has 2 N–H and O–H groups in total. The molecule has 0 saturated carbocycles. The Morgan fingerprint density at radius 2 is 2.19 bits per heavy atom. The average molecular weight is 224 g/mol. The first-order chi connectivity index (χ1) is 7.54. The fourth-order valence-electron chi connectivity index (χ4n) is 1.49. The zero-order valence-corrected chi connectivity index (χ0v) is 9.43. The van der Waals surface area contributed by atoms with Gasteiger partial charge in [-0.2, -0.15) is 0 Å². The Labute approximate surface area is 94.5 Å². The van der Waals surface area contributed by atoms with Gasteiger partial charge in [0.05, 0.1) is 13.0 Å². The molecule has 0 heterocycles. The predicted octanol–water partition coefficient (Wildman–Crippen LogP) is 2.37. The molecule has 4 nitrogen and oxygen atoms in total. The molecule has 16 heavy (non-hydrogen) atoms. The summed E-state index contributed by atoms with van der Waals surface area (Å²) in [4.78, 5) is 10.6. The highest BCUT2D eigenvalue weighted by Crippen LogP contribution is 2.30. The molecule has 0 aliphatic rings. The van der Waals surface area contributed by atoms with Crippen LogP contribution in [0.15, 0.2) is 18.2 Å². The van der Waals surface area contributed by atoms with E-state index in [-0.39, 0.29) is 18.1 Å². The summed E-state index contributed by atoms with van der Waals surface area (Å²) >= 11 is 0. The number of carbonyl (C=O) groups is 1. The quantitative estimate of drug-likeness (QED) is 0.805. The molecule has 0 aliphatic heterocycles. The van der Waals surface area contributed by atoms with Crippen LogP contribution in [0.2, 0.25) is 0 Å². The Kier molecular flexibility index (Phi) is 4.17. The first-order valence-electron chi connectivity index (χ1n) is 5.22. The summed E-state index contributed by atoms with van der Waals surface area (Å²) in [5.41, 5.74) is 0.851. The van der Waals surface area contributed by atoms with Crippen molar-refractivity contribution in [3.8, 4) is 11.5 Å². The summed E-state index contributed by atoms with van der Waals surface area (Å²) < 4.78 is 5.24. The van der Waals surface area contributed by atoms with E-state index in [1.54, 1.807) is 12.1 Å². The summed E-state index contributed by atoms with van der Waals surface area (Å²) in [5, 5.41) is 18.2. The van der Waals surface area contributed by atoms with Gasteiger partial charge in [0.25, 0.3) is 0 Å². The van der Waals surface area contributed by atoms with Crippen LogP contribution in [0.25, 0.3) is 0 Å². The lowest BCUT2D eigenvalue weighted by Crippen LogP contribution is -2.03. The molecule has 1 aromatic carbocycles. The Balaban J connectivity index is 2.88. The minimum Gasteiger partial charge on any atom is -0.504 e. The molecular formula is C12H16O4. The van der Waals surface area contributed by atoms with Crippen molar-refractivity contribution in [3.63, 3.8) is 0 Å². The van der Waals surface area contributed by atoms with E-state index in [2.05, 4.69) is 0 Å². The first-order valence-corrected chi connectivity index (χ1v) is 5.22. The molecule has 0 bridgehead atoms. The summed E-state index contributed by atoms with van der Waals surface area (Å²) in [6.45, 7) is 4.12. The molecule has 88 valence electrons. The van der Waals surface area contributed by atoms with Gasteiger partial charge in [0.15, 0.2) is 11.5 Å². The van der Waals surface area contributed by atoms with Crippen molar-refractivity contribution in [2.24, 2.45) is 0 Å². The zero-order chi connectivity index (χ0) is 12.1. The SMILES string of the molecule is CCOc1cc(C(C)CC(=O)O)ccc1O. The van der Waals surface area contributed by atoms with Crippen molar-refractivity contribution in [1.29, 1.82) is 0 Å². The smallest absolute Gasteiger partial charge is 0.303 e. The Bertz CT molecular complexity index is 373. The number of hydrogen-bond acceptors (Lipinski definition) is 3. The van der Waals surface area contributed by atoms with E-state index in [0.29, 0.717) is 12.4 Å². The third-order valence-corrected chi connectivity index (χ3v) is 2.33. The van der Waals surface area contributed by atoms with Crippen LogP contribution in [-0.4, -0.2) is 22.8 Å². The standard InChI is InChI=1S/C12H16O4/c1-3-16-11-7-9(4-5-10(11)13)8(2)6-12(14)15/h4-5,7-8,13H,3,6H2,1-2H3,(H,14,15). The van der Waals surface area contributed by atoms with Gasteiger partial charge in [-0.1, -0.05) is 13.0 Å². The average Bonchev–Trinajstić information content (AvgIpc) is 2.20. The minimum absolute atomic E-state index is 0.0658. The van der Waals surface area contributed by atoms with Crippen molar-refractivity contribution in [2.75, 3.05) is 6.61 Å². The molecule has 0 saturated heterocycles. The minimum atomic E-state index is -0.835. The summed E-state index contributed by atoms with van der Waals surface area (Å²) in [5.74, 6) is -0.457. The van der Waals surface area contributed by atoms with Crippen molar-refractivity contribution in [3.05, 3.63) is 23.8 Å². The second kappa shape index (κ2) is 5.39. The molecule has 0 radical (unpaired) electrons. The molecule has 1 unspecified atom stereocenters. The van der Waals surface area contributed by atoms with E-state index in [9.17, 15) is 9.90 Å². The molecule has 4 heteroatoms. The number of carboxylic acids is 1. The van der Waals surface area contributed by atoms with Crippen LogP contribution in [-0.2, 0) is 4.79 Å². The van der Waals surface area contributed by atoms with Crippen molar-refractivity contribution in [2.45, 2.75) is 26.2 Å². The van der Waals surface area contributed by atoms with Crippen LogP contribution in [0.4, 0.5) is 0 Å². The van der Waals surface area contributed by atoms with Gasteiger partial charge in [-0.25, -0.2) is 0 Å². The molecule has 0 spiro atoms. The highest BCUT2D eigenvalue weighted by Gasteiger charge is 2.12. The lowest BCUT2D eigenvalue weighted by atomic mass is 9.97. The van der Waals surface area contributed by atoms with Crippen LogP contribution < -0.4 is 4.74 Å². The van der Waals surface area contributed by atoms with Crippen molar-refractivity contribution < 1.29 is 19.7 Å². The largest absolute Gasteiger partial charge is 0.504 e. The number of hydrogen-bond donors (Lipinski definition) is 2. The number of aliphatic carboxylic acids is 1. The summed E-state index contributed by atoms with van der Waals surface area (Å²) in [6.07, 6.45) is 0.0658. The maximum absolute atomic E-state index is 10.6. The van der Waals surface area contributed by atoms with E-state index < -0.39 is 5.97 Å². The Hall–Kier alpha value is -1.71. The zero-order valence-electron chi connectivity index (χ0n) is 9.43. The van der Waals surface area contributed by atoms with Gasteiger partial charge < -0.3 is 14.9 Å². The van der Waals surface area contributed by atoms with Gasteiger partial charge in [-0.05, 0) is 30.5 Å². The maximum atomic E-state index is 10.6.